The van der Waals surface area contributed by atoms with Crippen molar-refractivity contribution in [3.63, 3.8) is 0 Å². The van der Waals surface area contributed by atoms with Crippen LogP contribution >= 0.6 is 0 Å². The molecule has 1 aromatic carbocycles. The lowest BCUT2D eigenvalue weighted by Gasteiger charge is -2.28. The molecule has 1 heterocycles. The summed E-state index contributed by atoms with van der Waals surface area (Å²) < 4.78 is 0. The predicted octanol–water partition coefficient (Wildman–Crippen LogP) is -4.85. The lowest BCUT2D eigenvalue weighted by molar-refractivity contribution is -0.136. The molecule has 0 saturated carbocycles. The number of hydrogen-bond donors (Lipinski definition) is 17. The molecule has 0 aromatic heterocycles. The molecule has 1 aromatic rings. The first-order chi connectivity index (χ1) is 39.0. The fraction of sp³-hybridized carbons (Fsp3) is 0.685. The second-order valence-corrected chi connectivity index (χ2v) is 21.0. The van der Waals surface area contributed by atoms with Crippen LogP contribution in [-0.4, -0.2) is 176 Å². The van der Waals surface area contributed by atoms with Gasteiger partial charge in [0.2, 0.25) is 65.0 Å². The lowest BCUT2D eigenvalue weighted by Crippen LogP contribution is -2.61. The van der Waals surface area contributed by atoms with Crippen LogP contribution in [0.25, 0.3) is 0 Å². The molecule has 0 aliphatic carbocycles. The van der Waals surface area contributed by atoms with Gasteiger partial charge in [-0.25, -0.2) is 0 Å². The van der Waals surface area contributed by atoms with E-state index in [9.17, 15) is 57.8 Å². The largest absolute Gasteiger partial charge is 0.391 e. The van der Waals surface area contributed by atoms with E-state index in [4.69, 9.17) is 28.7 Å². The van der Waals surface area contributed by atoms with Crippen molar-refractivity contribution in [2.45, 2.75) is 191 Å². The van der Waals surface area contributed by atoms with E-state index < -0.39 is 139 Å². The molecule has 82 heavy (non-hydrogen) atoms. The van der Waals surface area contributed by atoms with E-state index in [1.54, 1.807) is 44.2 Å². The summed E-state index contributed by atoms with van der Waals surface area (Å²) in [6.07, 6.45) is 2.10. The SMILES string of the molecule is CCCCCCCC(=O)N[C@@H](CCN)C(=O)N[C@@H](C)C(=O)N[C@@H](CCN)C(=O)N[C@H]1CCNC(=O)[C@H]([C@@H](C)O)NC(=O)[C@H](CCN)NC(=O)[C@H](CCN)NC(=O)[C@H](CC(C)C)NC(=O)[C@@H](Cc2ccccc2)NC(=O)[C@H](CCN)NC1=O. The Balaban J connectivity index is 2.63. The molecule has 1 aliphatic rings. The van der Waals surface area contributed by atoms with Crippen LogP contribution in [0.1, 0.15) is 124 Å². The summed E-state index contributed by atoms with van der Waals surface area (Å²) in [5.41, 5.74) is 29.9. The molecule has 2 rings (SSSR count). The molecule has 28 nitrogen and oxygen atoms in total. The van der Waals surface area contributed by atoms with E-state index in [2.05, 4.69) is 65.4 Å². The Morgan fingerprint density at radius 1 is 0.561 bits per heavy atom. The highest BCUT2D eigenvalue weighted by Gasteiger charge is 2.36. The fourth-order valence-electron chi connectivity index (χ4n) is 8.78. The van der Waals surface area contributed by atoms with Crippen LogP contribution in [0.3, 0.4) is 0 Å². The zero-order valence-electron chi connectivity index (χ0n) is 48.3. The monoisotopic (exact) mass is 1160 g/mol. The average Bonchev–Trinajstić information content (AvgIpc) is 3.45. The van der Waals surface area contributed by atoms with Gasteiger partial charge in [-0.3, -0.25) is 52.7 Å². The van der Waals surface area contributed by atoms with Crippen molar-refractivity contribution in [2.75, 3.05) is 39.3 Å². The van der Waals surface area contributed by atoms with Crippen molar-refractivity contribution in [3.05, 3.63) is 35.9 Å². The molecule has 1 saturated heterocycles. The van der Waals surface area contributed by atoms with Gasteiger partial charge in [0.05, 0.1) is 6.10 Å². The minimum atomic E-state index is -1.66. The molecule has 1 aliphatic heterocycles. The van der Waals surface area contributed by atoms with Crippen molar-refractivity contribution >= 4 is 65.0 Å². The van der Waals surface area contributed by atoms with Crippen LogP contribution in [0.15, 0.2) is 30.3 Å². The number of hydrogen-bond acceptors (Lipinski definition) is 17. The van der Waals surface area contributed by atoms with Crippen molar-refractivity contribution in [1.82, 2.24) is 58.5 Å². The van der Waals surface area contributed by atoms with E-state index in [-0.39, 0.29) is 95.9 Å². The zero-order chi connectivity index (χ0) is 61.3. The number of carbonyl (C=O) groups excluding carboxylic acids is 11. The Morgan fingerprint density at radius 2 is 1.05 bits per heavy atom. The Morgan fingerprint density at radius 3 is 1.57 bits per heavy atom. The number of benzene rings is 1. The standard InChI is InChI=1S/C54H94N16O12/c1-6-7-8-9-13-16-43(72)62-35(17-23-55)46(74)61-32(4)45(73)63-36(18-24-56)47(75)67-40-22-28-60-54(82)44(33(5)71)70-51(79)39(21-27-59)65-48(76)37(19-25-57)66-52(80)41(29-31(2)3)68-53(81)42(30-34-14-11-10-12-15-34)69-49(77)38(20-26-58)64-50(40)78/h10-12,14-15,31-33,35-42,44,71H,6-9,13,16-30,55-59H2,1-5H3,(H,60,82)(H,61,74)(H,62,72)(H,63,73)(H,64,78)(H,65,76)(H,66,80)(H,67,75)(H,68,81)(H,69,77)(H,70,79)/t32-,33+,35-,36-,37-,38-,39-,40-,41-,42+,44-/m0/s1. The highest BCUT2D eigenvalue weighted by molar-refractivity contribution is 5.99. The van der Waals surface area contributed by atoms with Crippen LogP contribution in [-0.2, 0) is 59.2 Å². The highest BCUT2D eigenvalue weighted by atomic mass is 16.3. The number of carbonyl (C=O) groups is 11. The maximum Gasteiger partial charge on any atom is 0.245 e. The average molecular weight is 1160 g/mol. The molecule has 0 bridgehead atoms. The van der Waals surface area contributed by atoms with Gasteiger partial charge >= 0.3 is 0 Å². The van der Waals surface area contributed by atoms with Gasteiger partial charge in [-0.15, -0.1) is 0 Å². The Kier molecular flexibility index (Phi) is 33.7. The van der Waals surface area contributed by atoms with Crippen LogP contribution in [0.4, 0.5) is 0 Å². The quantitative estimate of drug-likeness (QED) is 0.0350. The molecule has 1 fully saturated rings. The summed E-state index contributed by atoms with van der Waals surface area (Å²) in [6, 6.07) is -5.33. The van der Waals surface area contributed by atoms with Crippen LogP contribution in [0.5, 0.6) is 0 Å². The van der Waals surface area contributed by atoms with E-state index in [1.807, 2.05) is 0 Å². The molecule has 0 spiro atoms. The van der Waals surface area contributed by atoms with Crippen LogP contribution in [0, 0.1) is 5.92 Å². The molecule has 11 atom stereocenters. The van der Waals surface area contributed by atoms with Gasteiger partial charge in [0.15, 0.2) is 0 Å². The zero-order valence-corrected chi connectivity index (χ0v) is 48.3. The van der Waals surface area contributed by atoms with E-state index >= 15 is 0 Å². The number of nitrogens with two attached hydrogens (primary N) is 5. The van der Waals surface area contributed by atoms with Crippen molar-refractivity contribution < 1.29 is 57.8 Å². The molecular weight excluding hydrogens is 1060 g/mol. The topological polar surface area (TPSA) is 470 Å². The summed E-state index contributed by atoms with van der Waals surface area (Å²) in [7, 11) is 0. The maximum absolute atomic E-state index is 14.5. The number of nitrogens with one attached hydrogen (secondary N) is 11. The first-order valence-corrected chi connectivity index (χ1v) is 28.6. The van der Waals surface area contributed by atoms with Gasteiger partial charge in [-0.2, -0.15) is 0 Å². The molecule has 22 N–H and O–H groups in total. The summed E-state index contributed by atoms with van der Waals surface area (Å²) in [6.45, 7) is 7.27. The number of aliphatic hydroxyl groups excluding tert-OH is 1. The normalized spacial score (nSPS) is 22.5. The van der Waals surface area contributed by atoms with E-state index in [0.29, 0.717) is 12.0 Å². The highest BCUT2D eigenvalue weighted by Crippen LogP contribution is 2.12. The van der Waals surface area contributed by atoms with Gasteiger partial charge in [-0.05, 0) is 109 Å². The summed E-state index contributed by atoms with van der Waals surface area (Å²) in [5.74, 6) is -9.29. The van der Waals surface area contributed by atoms with Gasteiger partial charge in [-0.1, -0.05) is 76.8 Å². The number of aliphatic hydroxyl groups is 1. The Hall–Kier alpha value is -6.85. The second kappa shape index (κ2) is 38.8. The smallest absolute Gasteiger partial charge is 0.245 e. The van der Waals surface area contributed by atoms with Crippen molar-refractivity contribution in [1.29, 1.82) is 0 Å². The number of rotatable bonds is 28. The first kappa shape index (κ1) is 71.3. The Bertz CT molecular complexity index is 2230. The van der Waals surface area contributed by atoms with Crippen LogP contribution < -0.4 is 87.2 Å². The molecule has 0 radical (unpaired) electrons. The second-order valence-electron chi connectivity index (χ2n) is 21.0. The maximum atomic E-state index is 14.5. The minimum Gasteiger partial charge on any atom is -0.391 e. The first-order valence-electron chi connectivity index (χ1n) is 28.6. The predicted molar refractivity (Wildman–Crippen MR) is 306 cm³/mol. The van der Waals surface area contributed by atoms with Gasteiger partial charge in [0.25, 0.3) is 0 Å². The summed E-state index contributed by atoms with van der Waals surface area (Å²) >= 11 is 0. The number of amides is 11. The van der Waals surface area contributed by atoms with Gasteiger partial charge in [0.1, 0.15) is 60.4 Å². The molecule has 28 heteroatoms. The molecule has 11 amide bonds. The Labute approximate surface area is 480 Å². The van der Waals surface area contributed by atoms with Gasteiger partial charge in [0, 0.05) is 19.4 Å². The summed E-state index contributed by atoms with van der Waals surface area (Å²) in [5, 5.41) is 39.2. The molecule has 0 unspecified atom stereocenters. The van der Waals surface area contributed by atoms with E-state index in [0.717, 1.165) is 25.7 Å². The van der Waals surface area contributed by atoms with Crippen LogP contribution in [0.2, 0.25) is 0 Å². The summed E-state index contributed by atoms with van der Waals surface area (Å²) in [4.78, 5) is 153. The third kappa shape index (κ3) is 25.9. The third-order valence-corrected chi connectivity index (χ3v) is 13.4. The molecule has 462 valence electrons. The third-order valence-electron chi connectivity index (χ3n) is 13.4. The lowest BCUT2D eigenvalue weighted by atomic mass is 10.00. The van der Waals surface area contributed by atoms with Crippen molar-refractivity contribution in [2.24, 2.45) is 34.6 Å². The minimum absolute atomic E-state index is 0.0429. The fourth-order valence-corrected chi connectivity index (χ4v) is 8.78. The van der Waals surface area contributed by atoms with E-state index in [1.165, 1.54) is 13.8 Å². The number of unbranched alkanes of at least 4 members (excludes halogenated alkanes) is 4. The van der Waals surface area contributed by atoms with Gasteiger partial charge < -0.3 is 92.3 Å². The van der Waals surface area contributed by atoms with Crippen molar-refractivity contribution in [3.8, 4) is 0 Å². The molecular formula is C54H94N16O12.